The summed E-state index contributed by atoms with van der Waals surface area (Å²) >= 11 is 0. The van der Waals surface area contributed by atoms with E-state index in [1.165, 1.54) is 0 Å². The van der Waals surface area contributed by atoms with Gasteiger partial charge in [0.25, 0.3) is 0 Å². The molecule has 2 amide bonds. The molecule has 2 N–H and O–H groups in total. The number of carbonyl (C=O) groups excluding carboxylic acids is 2. The number of amides is 2. The maximum absolute atomic E-state index is 12.7. The van der Waals surface area contributed by atoms with E-state index in [2.05, 4.69) is 15.5 Å². The Morgan fingerprint density at radius 2 is 1.81 bits per heavy atom. The van der Waals surface area contributed by atoms with Crippen LogP contribution in [0.4, 0.5) is 11.4 Å². The first-order valence-electron chi connectivity index (χ1n) is 10.4. The number of ether oxygens (including phenoxy) is 3. The molecule has 1 unspecified atom stereocenters. The molecule has 0 radical (unpaired) electrons. The number of hydrogen-bond donors (Lipinski definition) is 2. The minimum absolute atomic E-state index is 0.0124. The Balaban J connectivity index is 1.28. The Kier molecular flexibility index (Phi) is 6.27. The van der Waals surface area contributed by atoms with Gasteiger partial charge < -0.3 is 24.8 Å². The minimum Gasteiger partial charge on any atom is -0.495 e. The molecule has 0 saturated carbocycles. The third-order valence-corrected chi connectivity index (χ3v) is 5.83. The van der Waals surface area contributed by atoms with Gasteiger partial charge in [-0.2, -0.15) is 0 Å². The number of para-hydroxylation sites is 2. The van der Waals surface area contributed by atoms with Crippen molar-refractivity contribution < 1.29 is 23.8 Å². The Morgan fingerprint density at radius 1 is 1.06 bits per heavy atom. The van der Waals surface area contributed by atoms with Crippen molar-refractivity contribution in [2.24, 2.45) is 5.92 Å². The lowest BCUT2D eigenvalue weighted by Gasteiger charge is -2.34. The molecule has 8 heteroatoms. The van der Waals surface area contributed by atoms with Gasteiger partial charge in [-0.05, 0) is 57.1 Å². The molecule has 8 nitrogen and oxygen atoms in total. The molecular formula is C23H27N3O5. The highest BCUT2D eigenvalue weighted by Gasteiger charge is 2.30. The summed E-state index contributed by atoms with van der Waals surface area (Å²) in [6.07, 6.45) is 1.39. The van der Waals surface area contributed by atoms with E-state index in [1.807, 2.05) is 31.2 Å². The molecular weight excluding hydrogens is 398 g/mol. The quantitative estimate of drug-likeness (QED) is 0.739. The number of piperidine rings is 1. The molecule has 1 fully saturated rings. The van der Waals surface area contributed by atoms with E-state index in [0.717, 1.165) is 0 Å². The standard InChI is InChI=1S/C23H27N3O5/c1-15(22(27)24-17-7-8-20-21(13-17)31-14-30-20)26-11-9-16(10-12-26)23(28)25-18-5-3-4-6-19(18)29-2/h3-8,13,15-16H,9-12,14H2,1-2H3,(H,24,27)(H,25,28). The third-order valence-electron chi connectivity index (χ3n) is 5.83. The number of anilines is 2. The molecule has 2 aliphatic rings. The Hall–Kier alpha value is -3.26. The second kappa shape index (κ2) is 9.26. The molecule has 0 aromatic heterocycles. The van der Waals surface area contributed by atoms with Crippen LogP contribution in [0.1, 0.15) is 19.8 Å². The summed E-state index contributed by atoms with van der Waals surface area (Å²) in [5.74, 6) is 1.76. The van der Waals surface area contributed by atoms with Crippen molar-refractivity contribution >= 4 is 23.2 Å². The first-order valence-corrected chi connectivity index (χ1v) is 10.4. The topological polar surface area (TPSA) is 89.1 Å². The zero-order chi connectivity index (χ0) is 21.8. The first kappa shape index (κ1) is 21.0. The predicted molar refractivity (Wildman–Crippen MR) is 117 cm³/mol. The Bertz CT molecular complexity index is 956. The number of fused-ring (bicyclic) bond motifs is 1. The van der Waals surface area contributed by atoms with E-state index in [1.54, 1.807) is 25.3 Å². The fraction of sp³-hybridized carbons (Fsp3) is 0.391. The zero-order valence-electron chi connectivity index (χ0n) is 17.7. The van der Waals surface area contributed by atoms with Crippen LogP contribution in [0.25, 0.3) is 0 Å². The fourth-order valence-electron chi connectivity index (χ4n) is 3.92. The van der Waals surface area contributed by atoms with Crippen LogP contribution >= 0.6 is 0 Å². The lowest BCUT2D eigenvalue weighted by molar-refractivity contribution is -0.123. The fourth-order valence-corrected chi connectivity index (χ4v) is 3.92. The number of nitrogens with zero attached hydrogens (tertiary/aromatic N) is 1. The zero-order valence-corrected chi connectivity index (χ0v) is 17.7. The number of methoxy groups -OCH3 is 1. The Morgan fingerprint density at radius 3 is 2.58 bits per heavy atom. The number of benzene rings is 2. The summed E-state index contributed by atoms with van der Waals surface area (Å²) in [4.78, 5) is 27.5. The lowest BCUT2D eigenvalue weighted by Crippen LogP contribution is -2.47. The van der Waals surface area contributed by atoms with E-state index in [9.17, 15) is 9.59 Å². The van der Waals surface area contributed by atoms with Crippen LogP contribution in [0, 0.1) is 5.92 Å². The van der Waals surface area contributed by atoms with Gasteiger partial charge in [0.1, 0.15) is 5.75 Å². The van der Waals surface area contributed by atoms with E-state index in [4.69, 9.17) is 14.2 Å². The number of carbonyl (C=O) groups is 2. The van der Waals surface area contributed by atoms with Gasteiger partial charge >= 0.3 is 0 Å². The molecule has 2 heterocycles. The second-order valence-corrected chi connectivity index (χ2v) is 7.73. The second-order valence-electron chi connectivity index (χ2n) is 7.73. The van der Waals surface area contributed by atoms with E-state index in [-0.39, 0.29) is 30.6 Å². The molecule has 0 bridgehead atoms. The van der Waals surface area contributed by atoms with E-state index < -0.39 is 0 Å². The summed E-state index contributed by atoms with van der Waals surface area (Å²) in [5, 5.41) is 5.91. The van der Waals surface area contributed by atoms with Gasteiger partial charge in [-0.1, -0.05) is 12.1 Å². The van der Waals surface area contributed by atoms with Crippen LogP contribution in [0.5, 0.6) is 17.2 Å². The van der Waals surface area contributed by atoms with Crippen molar-refractivity contribution in [3.05, 3.63) is 42.5 Å². The molecule has 1 atom stereocenters. The average molecular weight is 425 g/mol. The summed E-state index contributed by atoms with van der Waals surface area (Å²) < 4.78 is 16.0. The van der Waals surface area contributed by atoms with Crippen molar-refractivity contribution in [1.82, 2.24) is 4.90 Å². The monoisotopic (exact) mass is 425 g/mol. The molecule has 2 aliphatic heterocycles. The molecule has 4 rings (SSSR count). The Labute approximate surface area is 181 Å². The SMILES string of the molecule is COc1ccccc1NC(=O)C1CCN(C(C)C(=O)Nc2ccc3c(c2)OCO3)CC1. The van der Waals surface area contributed by atoms with Crippen molar-refractivity contribution in [3.63, 3.8) is 0 Å². The maximum Gasteiger partial charge on any atom is 0.241 e. The van der Waals surface area contributed by atoms with Crippen LogP contribution in [0.2, 0.25) is 0 Å². The third kappa shape index (κ3) is 4.74. The summed E-state index contributed by atoms with van der Waals surface area (Å²) in [6.45, 7) is 3.44. The number of hydrogen-bond acceptors (Lipinski definition) is 6. The number of likely N-dealkylation sites (tertiary alicyclic amines) is 1. The lowest BCUT2D eigenvalue weighted by atomic mass is 9.94. The normalized spacial score (nSPS) is 17.1. The van der Waals surface area contributed by atoms with Crippen molar-refractivity contribution in [3.8, 4) is 17.2 Å². The minimum atomic E-state index is -0.302. The highest BCUT2D eigenvalue weighted by Crippen LogP contribution is 2.34. The largest absolute Gasteiger partial charge is 0.495 e. The van der Waals surface area contributed by atoms with Crippen LogP contribution in [0.3, 0.4) is 0 Å². The van der Waals surface area contributed by atoms with Crippen LogP contribution in [0.15, 0.2) is 42.5 Å². The van der Waals surface area contributed by atoms with Crippen molar-refractivity contribution in [2.45, 2.75) is 25.8 Å². The van der Waals surface area contributed by atoms with Gasteiger partial charge in [0.2, 0.25) is 18.6 Å². The van der Waals surface area contributed by atoms with Crippen molar-refractivity contribution in [2.75, 3.05) is 37.6 Å². The number of nitrogens with one attached hydrogen (secondary N) is 2. The van der Waals surface area contributed by atoms with Gasteiger partial charge in [-0.15, -0.1) is 0 Å². The maximum atomic E-state index is 12.7. The number of rotatable bonds is 6. The molecule has 2 aromatic rings. The first-order chi connectivity index (χ1) is 15.0. The summed E-state index contributed by atoms with van der Waals surface area (Å²) in [7, 11) is 1.58. The smallest absolute Gasteiger partial charge is 0.241 e. The van der Waals surface area contributed by atoms with Crippen LogP contribution < -0.4 is 24.8 Å². The average Bonchev–Trinajstić information content (AvgIpc) is 3.27. The van der Waals surface area contributed by atoms with Gasteiger partial charge in [0.15, 0.2) is 11.5 Å². The highest BCUT2D eigenvalue weighted by molar-refractivity contribution is 5.95. The predicted octanol–water partition coefficient (Wildman–Crippen LogP) is 3.10. The van der Waals surface area contributed by atoms with Crippen molar-refractivity contribution in [1.29, 1.82) is 0 Å². The summed E-state index contributed by atoms with van der Waals surface area (Å²) in [6, 6.07) is 12.4. The highest BCUT2D eigenvalue weighted by atomic mass is 16.7. The molecule has 1 saturated heterocycles. The molecule has 0 aliphatic carbocycles. The van der Waals surface area contributed by atoms with Gasteiger partial charge in [-0.25, -0.2) is 0 Å². The summed E-state index contributed by atoms with van der Waals surface area (Å²) in [5.41, 5.74) is 1.35. The van der Waals surface area contributed by atoms with Gasteiger partial charge in [-0.3, -0.25) is 14.5 Å². The molecule has 164 valence electrons. The van der Waals surface area contributed by atoms with Crippen LogP contribution in [-0.2, 0) is 9.59 Å². The molecule has 31 heavy (non-hydrogen) atoms. The molecule has 2 aromatic carbocycles. The molecule has 0 spiro atoms. The van der Waals surface area contributed by atoms with E-state index in [0.29, 0.717) is 54.6 Å². The van der Waals surface area contributed by atoms with E-state index >= 15 is 0 Å². The van der Waals surface area contributed by atoms with Gasteiger partial charge in [0, 0.05) is 17.7 Å². The van der Waals surface area contributed by atoms with Crippen LogP contribution in [-0.4, -0.2) is 49.7 Å². The van der Waals surface area contributed by atoms with Gasteiger partial charge in [0.05, 0.1) is 18.8 Å².